The minimum atomic E-state index is -0.709. The number of methoxy groups -OCH3 is 1. The van der Waals surface area contributed by atoms with Gasteiger partial charge in [-0.05, 0) is 23.3 Å². The van der Waals surface area contributed by atoms with E-state index in [1.807, 2.05) is 6.07 Å². The molecule has 1 aromatic carbocycles. The zero-order chi connectivity index (χ0) is 11.5. The fourth-order valence-electron chi connectivity index (χ4n) is 1.72. The van der Waals surface area contributed by atoms with Gasteiger partial charge in [-0.2, -0.15) is 0 Å². The molecule has 1 unspecified atom stereocenters. The van der Waals surface area contributed by atoms with E-state index in [2.05, 4.69) is 0 Å². The molecule has 1 aliphatic rings. The third kappa shape index (κ3) is 1.97. The van der Waals surface area contributed by atoms with Crippen molar-refractivity contribution in [3.8, 4) is 11.5 Å². The molecule has 0 saturated heterocycles. The molecule has 5 nitrogen and oxygen atoms in total. The second-order valence-corrected chi connectivity index (χ2v) is 3.59. The Kier molecular flexibility index (Phi) is 3.28. The Morgan fingerprint density at radius 3 is 2.75 bits per heavy atom. The average Bonchev–Trinajstić information content (AvgIpc) is 2.74. The number of benzene rings is 1. The van der Waals surface area contributed by atoms with Crippen LogP contribution in [0.2, 0.25) is 0 Å². The molecular formula is C11H15NO4. The van der Waals surface area contributed by atoms with Crippen molar-refractivity contribution in [1.82, 2.24) is 0 Å². The largest absolute Gasteiger partial charge is 0.454 e. The van der Waals surface area contributed by atoms with Crippen molar-refractivity contribution in [2.24, 2.45) is 5.73 Å². The van der Waals surface area contributed by atoms with Gasteiger partial charge in [-0.15, -0.1) is 0 Å². The fraction of sp³-hybridized carbons (Fsp3) is 0.455. The maximum absolute atomic E-state index is 9.79. The Bertz CT molecular complexity index is 380. The van der Waals surface area contributed by atoms with E-state index in [4.69, 9.17) is 19.9 Å². The van der Waals surface area contributed by atoms with Crippen LogP contribution in [0.5, 0.6) is 11.5 Å². The van der Waals surface area contributed by atoms with Crippen LogP contribution in [0, 0.1) is 0 Å². The summed E-state index contributed by atoms with van der Waals surface area (Å²) in [5.41, 5.74) is 7.05. The first-order valence-corrected chi connectivity index (χ1v) is 5.05. The smallest absolute Gasteiger partial charge is 0.231 e. The van der Waals surface area contributed by atoms with Crippen LogP contribution < -0.4 is 15.2 Å². The van der Waals surface area contributed by atoms with Gasteiger partial charge >= 0.3 is 0 Å². The number of hydrogen-bond donors (Lipinski definition) is 2. The summed E-state index contributed by atoms with van der Waals surface area (Å²) in [6.07, 6.45) is -0.709. The summed E-state index contributed by atoms with van der Waals surface area (Å²) in [5, 5.41) is 9.79. The van der Waals surface area contributed by atoms with Crippen LogP contribution in [-0.4, -0.2) is 25.6 Å². The van der Waals surface area contributed by atoms with Crippen molar-refractivity contribution in [1.29, 1.82) is 0 Å². The van der Waals surface area contributed by atoms with Gasteiger partial charge in [0.25, 0.3) is 0 Å². The molecule has 0 aromatic heterocycles. The van der Waals surface area contributed by atoms with Crippen LogP contribution in [0.25, 0.3) is 0 Å². The van der Waals surface area contributed by atoms with Crippen LogP contribution in [0.1, 0.15) is 17.2 Å². The Balaban J connectivity index is 2.40. The first kappa shape index (κ1) is 11.2. The van der Waals surface area contributed by atoms with Gasteiger partial charge in [-0.1, -0.05) is 0 Å². The fourth-order valence-corrected chi connectivity index (χ4v) is 1.72. The molecule has 3 N–H and O–H groups in total. The zero-order valence-electron chi connectivity index (χ0n) is 9.10. The van der Waals surface area contributed by atoms with Crippen molar-refractivity contribution >= 4 is 0 Å². The van der Waals surface area contributed by atoms with Crippen LogP contribution >= 0.6 is 0 Å². The van der Waals surface area contributed by atoms with Gasteiger partial charge < -0.3 is 25.1 Å². The van der Waals surface area contributed by atoms with Gasteiger partial charge in [0.1, 0.15) is 0 Å². The molecule has 0 fully saturated rings. The Labute approximate surface area is 93.7 Å². The van der Waals surface area contributed by atoms with E-state index < -0.39 is 6.10 Å². The highest BCUT2D eigenvalue weighted by molar-refractivity contribution is 5.49. The lowest BCUT2D eigenvalue weighted by Gasteiger charge is -2.14. The Hall–Kier alpha value is -1.30. The zero-order valence-corrected chi connectivity index (χ0v) is 9.10. The average molecular weight is 225 g/mol. The van der Waals surface area contributed by atoms with E-state index in [0.717, 1.165) is 11.1 Å². The highest BCUT2D eigenvalue weighted by Crippen LogP contribution is 2.36. The minimum Gasteiger partial charge on any atom is -0.454 e. The predicted octanol–water partition coefficient (Wildman–Crippen LogP) is 0.554. The quantitative estimate of drug-likeness (QED) is 0.783. The lowest BCUT2D eigenvalue weighted by Crippen LogP contribution is -2.13. The molecule has 1 aromatic rings. The molecule has 16 heavy (non-hydrogen) atoms. The number of rotatable bonds is 4. The van der Waals surface area contributed by atoms with Crippen LogP contribution in [0.3, 0.4) is 0 Å². The van der Waals surface area contributed by atoms with Gasteiger partial charge in [-0.3, -0.25) is 0 Å². The van der Waals surface area contributed by atoms with Crippen molar-refractivity contribution < 1.29 is 19.3 Å². The first-order chi connectivity index (χ1) is 7.76. The second kappa shape index (κ2) is 4.69. The standard InChI is InChI=1S/C11H15NO4/c1-14-5-7-2-10-11(16-6-15-10)3-8(7)9(13)4-12/h2-3,9,13H,4-6,12H2,1H3. The molecule has 1 heterocycles. The number of aliphatic hydroxyl groups excluding tert-OH is 1. The summed E-state index contributed by atoms with van der Waals surface area (Å²) in [7, 11) is 1.60. The van der Waals surface area contributed by atoms with E-state index in [1.54, 1.807) is 13.2 Å². The molecule has 2 rings (SSSR count). The Morgan fingerprint density at radius 1 is 1.44 bits per heavy atom. The molecule has 88 valence electrons. The lowest BCUT2D eigenvalue weighted by atomic mass is 10.0. The topological polar surface area (TPSA) is 73.9 Å². The number of fused-ring (bicyclic) bond motifs is 1. The van der Waals surface area contributed by atoms with Gasteiger partial charge in [0.2, 0.25) is 6.79 Å². The number of hydrogen-bond acceptors (Lipinski definition) is 5. The van der Waals surface area contributed by atoms with Crippen LogP contribution in [0.4, 0.5) is 0 Å². The number of ether oxygens (including phenoxy) is 3. The molecule has 5 heteroatoms. The third-order valence-electron chi connectivity index (χ3n) is 2.52. The van der Waals surface area contributed by atoms with Gasteiger partial charge in [0.05, 0.1) is 12.7 Å². The monoisotopic (exact) mass is 225 g/mol. The maximum Gasteiger partial charge on any atom is 0.231 e. The molecule has 1 aliphatic heterocycles. The second-order valence-electron chi connectivity index (χ2n) is 3.59. The number of nitrogens with two attached hydrogens (primary N) is 1. The summed E-state index contributed by atoms with van der Waals surface area (Å²) >= 11 is 0. The van der Waals surface area contributed by atoms with Crippen molar-refractivity contribution in [3.63, 3.8) is 0 Å². The van der Waals surface area contributed by atoms with Crippen molar-refractivity contribution in [2.45, 2.75) is 12.7 Å². The van der Waals surface area contributed by atoms with E-state index in [1.165, 1.54) is 0 Å². The van der Waals surface area contributed by atoms with Gasteiger partial charge in [0.15, 0.2) is 11.5 Å². The summed E-state index contributed by atoms with van der Waals surface area (Å²) in [5.74, 6) is 1.32. The molecule has 0 saturated carbocycles. The normalized spacial score (nSPS) is 15.2. The maximum atomic E-state index is 9.79. The molecule has 0 aliphatic carbocycles. The van der Waals surface area contributed by atoms with Crippen LogP contribution in [-0.2, 0) is 11.3 Å². The molecular weight excluding hydrogens is 210 g/mol. The number of aliphatic hydroxyl groups is 1. The van der Waals surface area contributed by atoms with Gasteiger partial charge in [0, 0.05) is 13.7 Å². The van der Waals surface area contributed by atoms with Crippen molar-refractivity contribution in [2.75, 3.05) is 20.4 Å². The third-order valence-corrected chi connectivity index (χ3v) is 2.52. The van der Waals surface area contributed by atoms with Gasteiger partial charge in [-0.25, -0.2) is 0 Å². The molecule has 0 amide bonds. The van der Waals surface area contributed by atoms with E-state index >= 15 is 0 Å². The summed E-state index contributed by atoms with van der Waals surface area (Å²) in [6, 6.07) is 3.58. The lowest BCUT2D eigenvalue weighted by molar-refractivity contribution is 0.166. The predicted molar refractivity (Wildman–Crippen MR) is 57.3 cm³/mol. The van der Waals surface area contributed by atoms with E-state index in [-0.39, 0.29) is 13.3 Å². The SMILES string of the molecule is COCc1cc2c(cc1C(O)CN)OCO2. The highest BCUT2D eigenvalue weighted by Gasteiger charge is 2.20. The van der Waals surface area contributed by atoms with Crippen LogP contribution in [0.15, 0.2) is 12.1 Å². The molecule has 0 bridgehead atoms. The Morgan fingerprint density at radius 2 is 2.12 bits per heavy atom. The highest BCUT2D eigenvalue weighted by atomic mass is 16.7. The summed E-state index contributed by atoms with van der Waals surface area (Å²) < 4.78 is 15.6. The molecule has 1 atom stereocenters. The van der Waals surface area contributed by atoms with E-state index in [9.17, 15) is 5.11 Å². The van der Waals surface area contributed by atoms with Crippen molar-refractivity contribution in [3.05, 3.63) is 23.3 Å². The first-order valence-electron chi connectivity index (χ1n) is 5.05. The minimum absolute atomic E-state index is 0.163. The summed E-state index contributed by atoms with van der Waals surface area (Å²) in [6.45, 7) is 0.781. The van der Waals surface area contributed by atoms with E-state index in [0.29, 0.717) is 18.1 Å². The summed E-state index contributed by atoms with van der Waals surface area (Å²) in [4.78, 5) is 0. The molecule has 0 radical (unpaired) electrons. The molecule has 0 spiro atoms.